The van der Waals surface area contributed by atoms with Crippen LogP contribution in [0.1, 0.15) is 63.2 Å². The quantitative estimate of drug-likeness (QED) is 0.524. The Bertz CT molecular complexity index is 917. The molecule has 1 saturated heterocycles. The predicted octanol–water partition coefficient (Wildman–Crippen LogP) is 4.63. The van der Waals surface area contributed by atoms with Crippen LogP contribution in [0.3, 0.4) is 0 Å². The summed E-state index contributed by atoms with van der Waals surface area (Å²) in [5.41, 5.74) is -0.209. The molecule has 1 fully saturated rings. The van der Waals surface area contributed by atoms with E-state index >= 15 is 0 Å². The molecule has 0 bridgehead atoms. The van der Waals surface area contributed by atoms with Crippen LogP contribution in [0.2, 0.25) is 5.02 Å². The number of nitrogens with zero attached hydrogens (tertiary/aromatic N) is 2. The Morgan fingerprint density at radius 3 is 2.31 bits per heavy atom. The normalized spacial score (nSPS) is 15.5. The molecule has 9 heteroatoms. The minimum absolute atomic E-state index is 0.0427. The number of ether oxygens (including phenoxy) is 1. The van der Waals surface area contributed by atoms with Gasteiger partial charge < -0.3 is 14.5 Å². The molecule has 0 radical (unpaired) electrons. The van der Waals surface area contributed by atoms with Gasteiger partial charge in [0.05, 0.1) is 21.2 Å². The van der Waals surface area contributed by atoms with E-state index in [0.717, 1.165) is 25.7 Å². The number of hydrogen-bond donors (Lipinski definition) is 0. The van der Waals surface area contributed by atoms with Gasteiger partial charge in [0.25, 0.3) is 5.91 Å². The summed E-state index contributed by atoms with van der Waals surface area (Å²) in [5, 5.41) is 0.140. The molecule has 1 aliphatic heterocycles. The molecule has 0 unspecified atom stereocenters. The van der Waals surface area contributed by atoms with Crippen LogP contribution in [-0.4, -0.2) is 68.8 Å². The zero-order chi connectivity index (χ0) is 24.1. The van der Waals surface area contributed by atoms with E-state index in [1.54, 1.807) is 19.0 Å². The van der Waals surface area contributed by atoms with Gasteiger partial charge in [-0.2, -0.15) is 0 Å². The average Bonchev–Trinajstić information content (AvgIpc) is 2.69. The fourth-order valence-electron chi connectivity index (χ4n) is 3.68. The van der Waals surface area contributed by atoms with E-state index in [2.05, 4.69) is 0 Å². The molecule has 180 valence electrons. The van der Waals surface area contributed by atoms with Gasteiger partial charge in [-0.25, -0.2) is 13.2 Å². The van der Waals surface area contributed by atoms with Crippen LogP contribution in [0.25, 0.3) is 0 Å². The number of carbonyl (C=O) groups is 2. The van der Waals surface area contributed by atoms with Crippen molar-refractivity contribution >= 4 is 33.4 Å². The van der Waals surface area contributed by atoms with E-state index in [1.807, 2.05) is 20.8 Å². The maximum Gasteiger partial charge on any atom is 0.410 e. The molecular formula is C23H35ClN2O5S. The Morgan fingerprint density at radius 1 is 1.16 bits per heavy atom. The maximum atomic E-state index is 12.7. The molecule has 0 spiro atoms. The van der Waals surface area contributed by atoms with E-state index in [-0.39, 0.29) is 33.2 Å². The van der Waals surface area contributed by atoms with Crippen molar-refractivity contribution in [3.63, 3.8) is 0 Å². The Morgan fingerprint density at radius 2 is 1.78 bits per heavy atom. The highest BCUT2D eigenvalue weighted by atomic mass is 35.5. The molecule has 0 aromatic heterocycles. The Labute approximate surface area is 197 Å². The summed E-state index contributed by atoms with van der Waals surface area (Å²) in [4.78, 5) is 27.5. The summed E-state index contributed by atoms with van der Waals surface area (Å²) in [5.74, 6) is 0.264. The van der Waals surface area contributed by atoms with Gasteiger partial charge in [-0.1, -0.05) is 24.4 Å². The van der Waals surface area contributed by atoms with Crippen molar-refractivity contribution in [1.29, 1.82) is 0 Å². The Balaban J connectivity index is 1.79. The topological polar surface area (TPSA) is 84.0 Å². The third kappa shape index (κ3) is 7.66. The second-order valence-electron chi connectivity index (χ2n) is 9.57. The lowest BCUT2D eigenvalue weighted by atomic mass is 9.92. The molecule has 2 amide bonds. The lowest BCUT2D eigenvalue weighted by Crippen LogP contribution is -2.41. The summed E-state index contributed by atoms with van der Waals surface area (Å²) in [6.45, 7) is 6.93. The van der Waals surface area contributed by atoms with E-state index in [0.29, 0.717) is 25.4 Å². The molecule has 0 atom stereocenters. The first-order chi connectivity index (χ1) is 14.8. The first-order valence-electron chi connectivity index (χ1n) is 11.0. The number of sulfone groups is 1. The zero-order valence-corrected chi connectivity index (χ0v) is 21.3. The largest absolute Gasteiger partial charge is 0.444 e. The number of benzene rings is 1. The van der Waals surface area contributed by atoms with Gasteiger partial charge in [-0.05, 0) is 64.2 Å². The lowest BCUT2D eigenvalue weighted by Gasteiger charge is -2.33. The summed E-state index contributed by atoms with van der Waals surface area (Å²) >= 11 is 6.16. The fourth-order valence-corrected chi connectivity index (χ4v) is 5.40. The molecule has 0 aliphatic carbocycles. The van der Waals surface area contributed by atoms with E-state index < -0.39 is 15.4 Å². The summed E-state index contributed by atoms with van der Waals surface area (Å²) in [7, 11) is -0.233. The smallest absolute Gasteiger partial charge is 0.410 e. The van der Waals surface area contributed by atoms with Crippen LogP contribution >= 0.6 is 11.6 Å². The number of rotatable bonds is 7. The van der Waals surface area contributed by atoms with Crippen molar-refractivity contribution in [2.75, 3.05) is 32.9 Å². The molecule has 1 aromatic rings. The van der Waals surface area contributed by atoms with Gasteiger partial charge in [0.15, 0.2) is 9.84 Å². The summed E-state index contributed by atoms with van der Waals surface area (Å²) in [6.07, 6.45) is 3.85. The van der Waals surface area contributed by atoms with Crippen molar-refractivity contribution in [3.8, 4) is 0 Å². The van der Waals surface area contributed by atoms with E-state index in [9.17, 15) is 18.0 Å². The predicted molar refractivity (Wildman–Crippen MR) is 126 cm³/mol. The molecule has 32 heavy (non-hydrogen) atoms. The molecular weight excluding hydrogens is 452 g/mol. The summed E-state index contributed by atoms with van der Waals surface area (Å²) in [6, 6.07) is 4.28. The van der Waals surface area contributed by atoms with Crippen molar-refractivity contribution in [2.24, 2.45) is 5.92 Å². The zero-order valence-electron chi connectivity index (χ0n) is 19.7. The minimum Gasteiger partial charge on any atom is -0.444 e. The molecule has 0 N–H and O–H groups in total. The average molecular weight is 487 g/mol. The number of hydrogen-bond acceptors (Lipinski definition) is 5. The van der Waals surface area contributed by atoms with Crippen molar-refractivity contribution in [2.45, 2.75) is 63.4 Å². The highest BCUT2D eigenvalue weighted by Crippen LogP contribution is 2.26. The molecule has 2 rings (SSSR count). The number of piperidine rings is 1. The number of likely N-dealkylation sites (tertiary alicyclic amines) is 1. The molecule has 7 nitrogen and oxygen atoms in total. The van der Waals surface area contributed by atoms with E-state index in [1.165, 1.54) is 23.1 Å². The van der Waals surface area contributed by atoms with Crippen LogP contribution in [-0.2, 0) is 14.6 Å². The first kappa shape index (κ1) is 26.5. The maximum absolute atomic E-state index is 12.7. The van der Waals surface area contributed by atoms with Crippen LogP contribution in [0.4, 0.5) is 4.79 Å². The molecule has 0 saturated carbocycles. The Hall–Kier alpha value is -1.80. The van der Waals surface area contributed by atoms with Crippen molar-refractivity contribution in [3.05, 3.63) is 28.8 Å². The van der Waals surface area contributed by atoms with Crippen LogP contribution in [0.5, 0.6) is 0 Å². The minimum atomic E-state index is -3.46. The fraction of sp³-hybridized carbons (Fsp3) is 0.652. The first-order valence-corrected chi connectivity index (χ1v) is 13.0. The number of amides is 2. The third-order valence-corrected chi connectivity index (χ3v) is 7.59. The third-order valence-electron chi connectivity index (χ3n) is 5.48. The van der Waals surface area contributed by atoms with Crippen LogP contribution < -0.4 is 0 Å². The van der Waals surface area contributed by atoms with Gasteiger partial charge in [-0.3, -0.25) is 4.79 Å². The van der Waals surface area contributed by atoms with Gasteiger partial charge in [0, 0.05) is 27.2 Å². The number of carbonyl (C=O) groups excluding carboxylic acids is 2. The van der Waals surface area contributed by atoms with Gasteiger partial charge >= 0.3 is 6.09 Å². The summed E-state index contributed by atoms with van der Waals surface area (Å²) < 4.78 is 30.8. The van der Waals surface area contributed by atoms with E-state index in [4.69, 9.17) is 16.3 Å². The van der Waals surface area contributed by atoms with Gasteiger partial charge in [0.2, 0.25) is 0 Å². The van der Waals surface area contributed by atoms with Gasteiger partial charge in [0.1, 0.15) is 5.60 Å². The second-order valence-corrected chi connectivity index (χ2v) is 12.1. The SMILES string of the molecule is CN(C)C(=O)c1ccc(S(=O)(=O)CCCCC2CCN(C(=O)OC(C)(C)C)CC2)cc1Cl. The monoisotopic (exact) mass is 486 g/mol. The lowest BCUT2D eigenvalue weighted by molar-refractivity contribution is 0.0180. The van der Waals surface area contributed by atoms with Crippen LogP contribution in [0.15, 0.2) is 23.1 Å². The van der Waals surface area contributed by atoms with Gasteiger partial charge in [-0.15, -0.1) is 0 Å². The van der Waals surface area contributed by atoms with Crippen molar-refractivity contribution < 1.29 is 22.7 Å². The molecule has 1 aliphatic rings. The number of unbranched alkanes of at least 4 members (excludes halogenated alkanes) is 1. The molecule has 1 aromatic carbocycles. The van der Waals surface area contributed by atoms with Crippen LogP contribution in [0, 0.1) is 5.92 Å². The highest BCUT2D eigenvalue weighted by molar-refractivity contribution is 7.91. The molecule has 1 heterocycles. The second kappa shape index (κ2) is 10.9. The van der Waals surface area contributed by atoms with Crippen molar-refractivity contribution in [1.82, 2.24) is 9.80 Å². The number of halogens is 1. The highest BCUT2D eigenvalue weighted by Gasteiger charge is 2.27. The standard InChI is InChI=1S/C23H35ClN2O5S/c1-23(2,3)31-22(28)26-13-11-17(12-14-26)8-6-7-15-32(29,30)18-9-10-19(20(24)16-18)21(27)25(4)5/h9-10,16-17H,6-8,11-15H2,1-5H3. The Kier molecular flexibility index (Phi) is 8.99.